The number of allylic oxidation sites excluding steroid dienone is 4. The van der Waals surface area contributed by atoms with Crippen LogP contribution in [-0.2, 0) is 0 Å². The second-order valence-electron chi connectivity index (χ2n) is 8.26. The lowest BCUT2D eigenvalue weighted by atomic mass is 9.90. The largest absolute Gasteiger partial charge is 0.508 e. The lowest BCUT2D eigenvalue weighted by molar-refractivity contribution is -0.0888. The van der Waals surface area contributed by atoms with Gasteiger partial charge in [0.25, 0.3) is 0 Å². The molecule has 0 amide bonds. The number of fused-ring (bicyclic) bond motifs is 1. The highest BCUT2D eigenvalue weighted by atomic mass is 19.4. The molecule has 4 nitrogen and oxygen atoms in total. The molecule has 1 aliphatic rings. The fourth-order valence-corrected chi connectivity index (χ4v) is 3.94. The number of halogens is 5. The number of hydrogen-bond donors (Lipinski definition) is 1. The van der Waals surface area contributed by atoms with Gasteiger partial charge >= 0.3 is 6.18 Å². The van der Waals surface area contributed by atoms with Crippen molar-refractivity contribution in [3.63, 3.8) is 0 Å². The van der Waals surface area contributed by atoms with Gasteiger partial charge in [-0.15, -0.1) is 0 Å². The fraction of sp³-hybridized carbons (Fsp3) is 0.304. The van der Waals surface area contributed by atoms with Crippen LogP contribution in [0.1, 0.15) is 44.5 Å². The number of aromatic hydroxyl groups is 1. The number of benzene rings is 1. The fourth-order valence-electron chi connectivity index (χ4n) is 3.94. The Morgan fingerprint density at radius 3 is 2.41 bits per heavy atom. The van der Waals surface area contributed by atoms with E-state index >= 15 is 0 Å². The van der Waals surface area contributed by atoms with E-state index in [1.165, 1.54) is 22.9 Å². The van der Waals surface area contributed by atoms with E-state index in [1.54, 1.807) is 6.92 Å². The van der Waals surface area contributed by atoms with Gasteiger partial charge in [-0.2, -0.15) is 13.2 Å². The molecule has 3 aromatic rings. The number of phenolic OH excluding ortho intramolecular Hbond substituents is 1. The van der Waals surface area contributed by atoms with Crippen LogP contribution >= 0.6 is 0 Å². The Labute approximate surface area is 180 Å². The normalized spacial score (nSPS) is 17.1. The maximum Gasteiger partial charge on any atom is 0.416 e. The van der Waals surface area contributed by atoms with Gasteiger partial charge in [-0.25, -0.2) is 13.8 Å². The summed E-state index contributed by atoms with van der Waals surface area (Å²) in [6.45, 7) is 5.29. The molecule has 0 fully saturated rings. The zero-order valence-electron chi connectivity index (χ0n) is 17.5. The standard InChI is InChI=1S/C23H20F5N3O/c1-11(2)21-22(20-16(24)7-15(32)8-17(20)25)31-10-18(29-9-19(31)30-21)13-4-12(3)5-14(6-13)23(26,27)28/h5-12,32H,4H2,1-3H3. The van der Waals surface area contributed by atoms with Crippen LogP contribution in [0.5, 0.6) is 5.75 Å². The van der Waals surface area contributed by atoms with Crippen LogP contribution in [0.4, 0.5) is 22.0 Å². The van der Waals surface area contributed by atoms with Gasteiger partial charge in [-0.05, 0) is 29.9 Å². The molecule has 0 bridgehead atoms. The highest BCUT2D eigenvalue weighted by molar-refractivity contribution is 5.72. The molecule has 0 spiro atoms. The molecular formula is C23H20F5N3O. The molecule has 0 saturated heterocycles. The van der Waals surface area contributed by atoms with Gasteiger partial charge in [0.1, 0.15) is 17.4 Å². The molecule has 32 heavy (non-hydrogen) atoms. The van der Waals surface area contributed by atoms with E-state index < -0.39 is 29.1 Å². The zero-order chi connectivity index (χ0) is 23.4. The zero-order valence-corrected chi connectivity index (χ0v) is 17.5. The van der Waals surface area contributed by atoms with Crippen molar-refractivity contribution in [3.8, 4) is 17.0 Å². The Balaban J connectivity index is 1.95. The summed E-state index contributed by atoms with van der Waals surface area (Å²) in [5.41, 5.74) is 0.323. The van der Waals surface area contributed by atoms with E-state index in [0.29, 0.717) is 23.3 Å². The first kappa shape index (κ1) is 22.0. The van der Waals surface area contributed by atoms with Crippen molar-refractivity contribution in [2.75, 3.05) is 0 Å². The number of phenols is 1. The van der Waals surface area contributed by atoms with Crippen LogP contribution in [-0.4, -0.2) is 25.7 Å². The van der Waals surface area contributed by atoms with E-state index in [1.807, 2.05) is 13.8 Å². The first-order valence-electron chi connectivity index (χ1n) is 10.0. The van der Waals surface area contributed by atoms with E-state index in [-0.39, 0.29) is 28.8 Å². The average molecular weight is 449 g/mol. The van der Waals surface area contributed by atoms with E-state index in [9.17, 15) is 27.1 Å². The highest BCUT2D eigenvalue weighted by Crippen LogP contribution is 2.38. The minimum Gasteiger partial charge on any atom is -0.508 e. The van der Waals surface area contributed by atoms with Gasteiger partial charge in [0.2, 0.25) is 0 Å². The molecule has 2 heterocycles. The third-order valence-corrected chi connectivity index (χ3v) is 5.34. The molecule has 1 aliphatic carbocycles. The summed E-state index contributed by atoms with van der Waals surface area (Å²) in [6.07, 6.45) is 0.887. The summed E-state index contributed by atoms with van der Waals surface area (Å²) < 4.78 is 70.8. The van der Waals surface area contributed by atoms with Crippen LogP contribution in [0.15, 0.2) is 42.3 Å². The number of alkyl halides is 3. The number of aromatic nitrogens is 3. The molecule has 0 aliphatic heterocycles. The van der Waals surface area contributed by atoms with Gasteiger partial charge in [-0.3, -0.25) is 9.38 Å². The topological polar surface area (TPSA) is 50.4 Å². The smallest absolute Gasteiger partial charge is 0.416 e. The van der Waals surface area contributed by atoms with Crippen LogP contribution in [0.3, 0.4) is 0 Å². The summed E-state index contributed by atoms with van der Waals surface area (Å²) in [7, 11) is 0. The molecule has 9 heteroatoms. The third kappa shape index (κ3) is 3.87. The highest BCUT2D eigenvalue weighted by Gasteiger charge is 2.35. The lowest BCUT2D eigenvalue weighted by Crippen LogP contribution is -2.15. The van der Waals surface area contributed by atoms with Gasteiger partial charge in [0.05, 0.1) is 34.4 Å². The quantitative estimate of drug-likeness (QED) is 0.470. The molecule has 0 saturated carbocycles. The van der Waals surface area contributed by atoms with Crippen LogP contribution in [0.25, 0.3) is 22.5 Å². The maximum atomic E-state index is 14.7. The third-order valence-electron chi connectivity index (χ3n) is 5.34. The van der Waals surface area contributed by atoms with Crippen molar-refractivity contribution < 1.29 is 27.1 Å². The summed E-state index contributed by atoms with van der Waals surface area (Å²) in [5.74, 6) is -3.08. The molecule has 168 valence electrons. The van der Waals surface area contributed by atoms with Gasteiger partial charge in [0.15, 0.2) is 5.65 Å². The van der Waals surface area contributed by atoms with Crippen molar-refractivity contribution in [1.29, 1.82) is 0 Å². The molecule has 1 N–H and O–H groups in total. The Hall–Kier alpha value is -3.23. The second-order valence-corrected chi connectivity index (χ2v) is 8.26. The predicted molar refractivity (Wildman–Crippen MR) is 110 cm³/mol. The first-order valence-corrected chi connectivity index (χ1v) is 10.0. The number of rotatable bonds is 3. The number of hydrogen-bond acceptors (Lipinski definition) is 3. The summed E-state index contributed by atoms with van der Waals surface area (Å²) in [4.78, 5) is 8.72. The van der Waals surface area contributed by atoms with Crippen molar-refractivity contribution in [2.24, 2.45) is 5.92 Å². The SMILES string of the molecule is CC1C=C(C(F)(F)F)C=C(c2cn3c(-c4c(F)cc(O)cc4F)c(C(C)C)nc3cn2)C1. The Kier molecular flexibility index (Phi) is 5.30. The van der Waals surface area contributed by atoms with Crippen LogP contribution < -0.4 is 0 Å². The summed E-state index contributed by atoms with van der Waals surface area (Å²) >= 11 is 0. The van der Waals surface area contributed by atoms with E-state index in [0.717, 1.165) is 18.2 Å². The summed E-state index contributed by atoms with van der Waals surface area (Å²) in [6, 6.07) is 1.60. The second kappa shape index (κ2) is 7.72. The molecule has 4 rings (SSSR count). The van der Waals surface area contributed by atoms with Crippen LogP contribution in [0.2, 0.25) is 0 Å². The van der Waals surface area contributed by atoms with Crippen molar-refractivity contribution in [2.45, 2.75) is 39.3 Å². The predicted octanol–water partition coefficient (Wildman–Crippen LogP) is 6.42. The molecule has 2 aromatic heterocycles. The van der Waals surface area contributed by atoms with E-state index in [2.05, 4.69) is 9.97 Å². The average Bonchev–Trinajstić information content (AvgIpc) is 3.05. The van der Waals surface area contributed by atoms with Crippen molar-refractivity contribution >= 4 is 11.2 Å². The van der Waals surface area contributed by atoms with Gasteiger partial charge in [0, 0.05) is 18.3 Å². The molecule has 1 atom stereocenters. The molecular weight excluding hydrogens is 429 g/mol. The van der Waals surface area contributed by atoms with Crippen molar-refractivity contribution in [1.82, 2.24) is 14.4 Å². The van der Waals surface area contributed by atoms with Crippen LogP contribution in [0, 0.1) is 17.6 Å². The Morgan fingerprint density at radius 2 is 1.81 bits per heavy atom. The monoisotopic (exact) mass is 449 g/mol. The van der Waals surface area contributed by atoms with E-state index in [4.69, 9.17) is 0 Å². The molecule has 0 radical (unpaired) electrons. The van der Waals surface area contributed by atoms with Crippen molar-refractivity contribution in [3.05, 3.63) is 65.3 Å². The lowest BCUT2D eigenvalue weighted by Gasteiger charge is -2.20. The molecule has 1 unspecified atom stereocenters. The maximum absolute atomic E-state index is 14.7. The number of nitrogens with zero attached hydrogens (tertiary/aromatic N) is 3. The Morgan fingerprint density at radius 1 is 1.16 bits per heavy atom. The first-order chi connectivity index (χ1) is 15.0. The summed E-state index contributed by atoms with van der Waals surface area (Å²) in [5, 5.41) is 9.52. The minimum absolute atomic E-state index is 0.129. The Bertz CT molecular complexity index is 1250. The van der Waals surface area contributed by atoms with Gasteiger partial charge in [-0.1, -0.05) is 26.8 Å². The molecule has 1 aromatic carbocycles. The number of imidazole rings is 1. The van der Waals surface area contributed by atoms with Gasteiger partial charge < -0.3 is 5.11 Å². The minimum atomic E-state index is -4.49.